The van der Waals surface area contributed by atoms with E-state index in [1.54, 1.807) is 6.08 Å². The maximum atomic E-state index is 11.1. The Morgan fingerprint density at radius 1 is 1.80 bits per heavy atom. The fraction of sp³-hybridized carbons (Fsp3) is 0.625. The van der Waals surface area contributed by atoms with Gasteiger partial charge in [-0.15, -0.1) is 6.58 Å². The average molecular weight is 141 g/mol. The molecule has 0 heterocycles. The summed E-state index contributed by atoms with van der Waals surface area (Å²) < 4.78 is 0. The lowest BCUT2D eigenvalue weighted by atomic mass is 9.99. The first-order chi connectivity index (χ1) is 4.76. The van der Waals surface area contributed by atoms with E-state index < -0.39 is 0 Å². The lowest BCUT2D eigenvalue weighted by molar-refractivity contribution is -0.121. The van der Waals surface area contributed by atoms with Crippen LogP contribution in [0.25, 0.3) is 0 Å². The van der Waals surface area contributed by atoms with Gasteiger partial charge in [-0.25, -0.2) is 0 Å². The zero-order chi connectivity index (χ0) is 7.98. The van der Waals surface area contributed by atoms with Crippen LogP contribution in [0.15, 0.2) is 12.7 Å². The van der Waals surface area contributed by atoms with E-state index in [0.717, 1.165) is 6.42 Å². The van der Waals surface area contributed by atoms with E-state index in [1.807, 2.05) is 6.92 Å². The molecule has 0 saturated carbocycles. The van der Waals surface area contributed by atoms with Gasteiger partial charge >= 0.3 is 0 Å². The molecule has 2 N–H and O–H groups in total. The normalized spacial score (nSPS) is 12.6. The molecule has 0 bridgehead atoms. The molecule has 2 nitrogen and oxygen atoms in total. The highest BCUT2D eigenvalue weighted by atomic mass is 16.1. The first-order valence-corrected chi connectivity index (χ1v) is 3.59. The Labute approximate surface area is 62.1 Å². The predicted octanol–water partition coefficient (Wildman–Crippen LogP) is 1.12. The predicted molar refractivity (Wildman–Crippen MR) is 42.7 cm³/mol. The highest BCUT2D eigenvalue weighted by Gasteiger charge is 2.11. The molecule has 0 aromatic carbocycles. The third kappa shape index (κ3) is 2.78. The topological polar surface area (TPSA) is 43.1 Å². The van der Waals surface area contributed by atoms with Crippen molar-refractivity contribution in [1.82, 2.24) is 0 Å². The minimum Gasteiger partial charge on any atom is -0.330 e. The second kappa shape index (κ2) is 5.18. The number of hydrogen-bond donors (Lipinski definition) is 1. The smallest absolute Gasteiger partial charge is 0.140 e. The van der Waals surface area contributed by atoms with Crippen LogP contribution in [0.1, 0.15) is 19.8 Å². The molecule has 0 aliphatic carbocycles. The number of hydrogen-bond acceptors (Lipinski definition) is 2. The van der Waals surface area contributed by atoms with Gasteiger partial charge in [0.1, 0.15) is 5.78 Å². The van der Waals surface area contributed by atoms with Crippen molar-refractivity contribution in [3.8, 4) is 0 Å². The summed E-state index contributed by atoms with van der Waals surface area (Å²) in [4.78, 5) is 11.1. The Morgan fingerprint density at radius 3 is 2.70 bits per heavy atom. The van der Waals surface area contributed by atoms with Crippen molar-refractivity contribution in [2.75, 3.05) is 6.54 Å². The molecule has 10 heavy (non-hydrogen) atoms. The molecule has 1 unspecified atom stereocenters. The van der Waals surface area contributed by atoms with E-state index in [2.05, 4.69) is 6.58 Å². The molecule has 0 fully saturated rings. The van der Waals surface area contributed by atoms with Gasteiger partial charge in [0.05, 0.1) is 0 Å². The van der Waals surface area contributed by atoms with Crippen molar-refractivity contribution in [3.05, 3.63) is 12.7 Å². The Hall–Kier alpha value is -0.630. The van der Waals surface area contributed by atoms with Gasteiger partial charge in [-0.2, -0.15) is 0 Å². The molecule has 0 aromatic heterocycles. The number of carbonyl (C=O) groups excluding carboxylic acids is 1. The van der Waals surface area contributed by atoms with Gasteiger partial charge in [0.25, 0.3) is 0 Å². The van der Waals surface area contributed by atoms with Gasteiger partial charge in [0, 0.05) is 18.9 Å². The van der Waals surface area contributed by atoms with Crippen LogP contribution in [-0.4, -0.2) is 12.3 Å². The first kappa shape index (κ1) is 9.37. The van der Waals surface area contributed by atoms with Crippen molar-refractivity contribution in [2.24, 2.45) is 11.7 Å². The monoisotopic (exact) mass is 141 g/mol. The summed E-state index contributed by atoms with van der Waals surface area (Å²) in [5.41, 5.74) is 5.36. The third-order valence-electron chi connectivity index (χ3n) is 1.58. The summed E-state index contributed by atoms with van der Waals surface area (Å²) in [7, 11) is 0. The van der Waals surface area contributed by atoms with Crippen molar-refractivity contribution < 1.29 is 4.79 Å². The quantitative estimate of drug-likeness (QED) is 0.583. The molecular formula is C8H15NO. The standard InChI is InChI=1S/C8H15NO/c1-3-5-8(10)7(4-2)6-9/h3,7H,1,4-6,9H2,2H3. The summed E-state index contributed by atoms with van der Waals surface area (Å²) in [5.74, 6) is 0.248. The van der Waals surface area contributed by atoms with Gasteiger partial charge in [0.15, 0.2) is 0 Å². The van der Waals surface area contributed by atoms with Crippen molar-refractivity contribution in [1.29, 1.82) is 0 Å². The van der Waals surface area contributed by atoms with Crippen LogP contribution >= 0.6 is 0 Å². The first-order valence-electron chi connectivity index (χ1n) is 3.59. The maximum absolute atomic E-state index is 11.1. The maximum Gasteiger partial charge on any atom is 0.140 e. The average Bonchev–Trinajstić information content (AvgIpc) is 1.91. The highest BCUT2D eigenvalue weighted by molar-refractivity contribution is 5.82. The Balaban J connectivity index is 3.76. The van der Waals surface area contributed by atoms with E-state index in [-0.39, 0.29) is 11.7 Å². The fourth-order valence-electron chi connectivity index (χ4n) is 0.835. The lowest BCUT2D eigenvalue weighted by Gasteiger charge is -2.07. The largest absolute Gasteiger partial charge is 0.330 e. The van der Waals surface area contributed by atoms with Gasteiger partial charge in [-0.05, 0) is 6.42 Å². The summed E-state index contributed by atoms with van der Waals surface area (Å²) in [6, 6.07) is 0. The number of carbonyl (C=O) groups is 1. The molecule has 0 rings (SSSR count). The molecule has 0 saturated heterocycles. The van der Waals surface area contributed by atoms with Crippen LogP contribution in [0.2, 0.25) is 0 Å². The zero-order valence-corrected chi connectivity index (χ0v) is 6.47. The van der Waals surface area contributed by atoms with E-state index in [1.165, 1.54) is 0 Å². The van der Waals surface area contributed by atoms with Crippen LogP contribution in [0.5, 0.6) is 0 Å². The minimum absolute atomic E-state index is 0.0398. The molecule has 1 atom stereocenters. The van der Waals surface area contributed by atoms with Crippen LogP contribution < -0.4 is 5.73 Å². The minimum atomic E-state index is 0.0398. The number of allylic oxidation sites excluding steroid dienone is 1. The van der Waals surface area contributed by atoms with E-state index >= 15 is 0 Å². The van der Waals surface area contributed by atoms with Crippen molar-refractivity contribution in [2.45, 2.75) is 19.8 Å². The lowest BCUT2D eigenvalue weighted by Crippen LogP contribution is -2.22. The summed E-state index contributed by atoms with van der Waals surface area (Å²) >= 11 is 0. The third-order valence-corrected chi connectivity index (χ3v) is 1.58. The Kier molecular flexibility index (Phi) is 4.85. The van der Waals surface area contributed by atoms with Gasteiger partial charge in [-0.1, -0.05) is 13.0 Å². The number of nitrogens with two attached hydrogens (primary N) is 1. The second-order valence-electron chi connectivity index (χ2n) is 2.30. The molecule has 0 aliphatic rings. The molecule has 58 valence electrons. The molecule has 0 amide bonds. The highest BCUT2D eigenvalue weighted by Crippen LogP contribution is 2.04. The van der Waals surface area contributed by atoms with Crippen LogP contribution in [0, 0.1) is 5.92 Å². The second-order valence-corrected chi connectivity index (χ2v) is 2.30. The number of Topliss-reactive ketones (excluding diaryl/α,β-unsaturated/α-hetero) is 1. The molecule has 0 spiro atoms. The van der Waals surface area contributed by atoms with E-state index in [4.69, 9.17) is 5.73 Å². The summed E-state index contributed by atoms with van der Waals surface area (Å²) in [6.07, 6.45) is 2.92. The molecule has 2 heteroatoms. The van der Waals surface area contributed by atoms with Crippen molar-refractivity contribution in [3.63, 3.8) is 0 Å². The Morgan fingerprint density at radius 2 is 2.40 bits per heavy atom. The summed E-state index contributed by atoms with van der Waals surface area (Å²) in [6.45, 7) is 5.92. The van der Waals surface area contributed by atoms with Gasteiger partial charge in [-0.3, -0.25) is 4.79 Å². The zero-order valence-electron chi connectivity index (χ0n) is 6.47. The molecule has 0 radical (unpaired) electrons. The van der Waals surface area contributed by atoms with Crippen LogP contribution in [-0.2, 0) is 4.79 Å². The fourth-order valence-corrected chi connectivity index (χ4v) is 0.835. The van der Waals surface area contributed by atoms with E-state index in [0.29, 0.717) is 13.0 Å². The number of rotatable bonds is 5. The SMILES string of the molecule is C=CCC(=O)C(CC)CN. The van der Waals surface area contributed by atoms with Crippen molar-refractivity contribution >= 4 is 5.78 Å². The number of ketones is 1. The van der Waals surface area contributed by atoms with Crippen LogP contribution in [0.3, 0.4) is 0 Å². The molecular weight excluding hydrogens is 126 g/mol. The van der Waals surface area contributed by atoms with E-state index in [9.17, 15) is 4.79 Å². The summed E-state index contributed by atoms with van der Waals surface area (Å²) in [5, 5.41) is 0. The molecule has 0 aromatic rings. The van der Waals surface area contributed by atoms with Crippen LogP contribution in [0.4, 0.5) is 0 Å². The van der Waals surface area contributed by atoms with Gasteiger partial charge in [0.2, 0.25) is 0 Å². The molecule has 0 aliphatic heterocycles. The Bertz CT molecular complexity index is 116. The van der Waals surface area contributed by atoms with Gasteiger partial charge < -0.3 is 5.73 Å².